The smallest absolute Gasteiger partial charge is 0.175 e. The number of sulfone groups is 1. The zero-order valence-corrected chi connectivity index (χ0v) is 26.4. The van der Waals surface area contributed by atoms with Crippen molar-refractivity contribution in [2.24, 2.45) is 0 Å². The van der Waals surface area contributed by atoms with Gasteiger partial charge >= 0.3 is 0 Å². The number of aromatic hydroxyl groups is 2. The van der Waals surface area contributed by atoms with Crippen LogP contribution in [0.25, 0.3) is 0 Å². The van der Waals surface area contributed by atoms with Crippen molar-refractivity contribution in [1.29, 1.82) is 0 Å². The van der Waals surface area contributed by atoms with Crippen molar-refractivity contribution >= 4 is 43.8 Å². The number of halogens is 2. The van der Waals surface area contributed by atoms with E-state index in [0.717, 1.165) is 75.8 Å². The maximum absolute atomic E-state index is 11.7. The predicted molar refractivity (Wildman–Crippen MR) is 163 cm³/mol. The third-order valence-electron chi connectivity index (χ3n) is 7.03. The van der Waals surface area contributed by atoms with Crippen molar-refractivity contribution < 1.29 is 18.6 Å². The summed E-state index contributed by atoms with van der Waals surface area (Å²) in [5.41, 5.74) is 3.15. The topological polar surface area (TPSA) is 89.9 Å². The fourth-order valence-electron chi connectivity index (χ4n) is 5.09. The highest BCUT2D eigenvalue weighted by molar-refractivity contribution is 8.93. The van der Waals surface area contributed by atoms with Gasteiger partial charge in [-0.2, -0.15) is 0 Å². The highest BCUT2D eigenvalue weighted by atomic mass is 79.9. The molecule has 1 atom stereocenters. The molecule has 0 amide bonds. The van der Waals surface area contributed by atoms with E-state index in [1.54, 1.807) is 18.2 Å². The first kappa shape index (κ1) is 33.9. The quantitative estimate of drug-likeness (QED) is 0.180. The van der Waals surface area contributed by atoms with Crippen LogP contribution in [0.5, 0.6) is 11.5 Å². The monoisotopic (exact) mass is 662 g/mol. The fraction of sp³-hybridized carbons (Fsp3) is 0.571. The molecule has 0 saturated carbocycles. The highest BCUT2D eigenvalue weighted by Gasteiger charge is 2.26. The largest absolute Gasteiger partial charge is 0.504 e. The summed E-state index contributed by atoms with van der Waals surface area (Å²) in [7, 11) is -3.15. The van der Waals surface area contributed by atoms with Crippen LogP contribution >= 0.6 is 34.0 Å². The minimum Gasteiger partial charge on any atom is -0.504 e. The maximum Gasteiger partial charge on any atom is 0.175 e. The lowest BCUT2D eigenvalue weighted by molar-refractivity contribution is 0.175. The zero-order valence-electron chi connectivity index (χ0n) is 22.1. The molecule has 3 rings (SSSR count). The molecule has 0 saturated heterocycles. The lowest BCUT2D eigenvalue weighted by atomic mass is 9.86. The average Bonchev–Trinajstić information content (AvgIpc) is 2.84. The number of hydrogen-bond acceptors (Lipinski definition) is 6. The van der Waals surface area contributed by atoms with E-state index < -0.39 is 9.84 Å². The Labute approximate surface area is 244 Å². The van der Waals surface area contributed by atoms with E-state index in [-0.39, 0.29) is 45.5 Å². The number of benzene rings is 2. The van der Waals surface area contributed by atoms with E-state index in [0.29, 0.717) is 10.9 Å². The first-order chi connectivity index (χ1) is 16.8. The summed E-state index contributed by atoms with van der Waals surface area (Å²) in [5.74, 6) is 0.0577. The number of unbranched alkanes of at least 4 members (excludes halogenated alkanes) is 3. The molecule has 0 spiro atoms. The molecule has 1 unspecified atom stereocenters. The van der Waals surface area contributed by atoms with Crippen LogP contribution in [-0.4, -0.2) is 62.0 Å². The van der Waals surface area contributed by atoms with Crippen LogP contribution in [0, 0.1) is 0 Å². The van der Waals surface area contributed by atoms with Gasteiger partial charge in [-0.1, -0.05) is 38.0 Å². The van der Waals surface area contributed by atoms with Crippen molar-refractivity contribution in [1.82, 2.24) is 10.2 Å². The Bertz CT molecular complexity index is 1070. The Morgan fingerprint density at radius 2 is 1.76 bits per heavy atom. The number of hydrogen-bond donors (Lipinski definition) is 3. The molecule has 0 aromatic heterocycles. The molecule has 2 aromatic carbocycles. The first-order valence-corrected chi connectivity index (χ1v) is 14.9. The van der Waals surface area contributed by atoms with Gasteiger partial charge in [0.15, 0.2) is 21.3 Å². The maximum atomic E-state index is 11.7. The van der Waals surface area contributed by atoms with E-state index in [4.69, 9.17) is 0 Å². The summed E-state index contributed by atoms with van der Waals surface area (Å²) in [5, 5.41) is 23.4. The van der Waals surface area contributed by atoms with Crippen LogP contribution < -0.4 is 5.32 Å². The minimum absolute atomic E-state index is 0. The standard InChI is InChI=1S/C28H42N2O4S.2BrH/c1-3-18-30(24-12-13-26-23(21-24)11-14-27(31)28(26)32)19-7-5-4-6-16-29-17-15-22-9-8-10-25(20-22)35(2,33)34;;/h8-11,14,20,24,29,31-32H,3-7,12-13,15-19,21H2,1-2H3;2*1H. The van der Waals surface area contributed by atoms with Crippen molar-refractivity contribution in [3.05, 3.63) is 53.1 Å². The first-order valence-electron chi connectivity index (χ1n) is 13.1. The van der Waals surface area contributed by atoms with Crippen LogP contribution in [0.15, 0.2) is 41.3 Å². The molecule has 6 nitrogen and oxygen atoms in total. The van der Waals surface area contributed by atoms with E-state index in [1.807, 2.05) is 18.2 Å². The summed E-state index contributed by atoms with van der Waals surface area (Å²) in [6.07, 6.45) is 10.8. The van der Waals surface area contributed by atoms with Gasteiger partial charge in [0.2, 0.25) is 0 Å². The summed E-state index contributed by atoms with van der Waals surface area (Å²) >= 11 is 0. The summed E-state index contributed by atoms with van der Waals surface area (Å²) in [6, 6.07) is 11.3. The van der Waals surface area contributed by atoms with Gasteiger partial charge in [0.25, 0.3) is 0 Å². The van der Waals surface area contributed by atoms with Crippen molar-refractivity contribution in [2.75, 3.05) is 32.4 Å². The lowest BCUT2D eigenvalue weighted by Gasteiger charge is -2.35. The number of nitrogens with one attached hydrogen (secondary N) is 1. The van der Waals surface area contributed by atoms with Crippen molar-refractivity contribution in [3.8, 4) is 11.5 Å². The van der Waals surface area contributed by atoms with Gasteiger partial charge in [-0.25, -0.2) is 8.42 Å². The molecule has 210 valence electrons. The van der Waals surface area contributed by atoms with Gasteiger partial charge in [0.1, 0.15) is 0 Å². The SMILES string of the molecule is Br.Br.CCCN(CCCCCCNCCc1cccc(S(C)(=O)=O)c1)C1CCc2c(ccc(O)c2O)C1. The molecular formula is C28H44Br2N2O4S. The fourth-order valence-corrected chi connectivity index (χ4v) is 5.78. The Hall–Kier alpha value is -1.13. The predicted octanol–water partition coefficient (Wildman–Crippen LogP) is 5.62. The number of fused-ring (bicyclic) bond motifs is 1. The number of rotatable bonds is 14. The van der Waals surface area contributed by atoms with Crippen LogP contribution in [0.4, 0.5) is 0 Å². The Balaban J connectivity index is 0.00000342. The number of phenols is 2. The molecule has 0 aliphatic heterocycles. The van der Waals surface area contributed by atoms with Crippen LogP contribution in [0.1, 0.15) is 62.1 Å². The molecule has 2 aromatic rings. The molecule has 3 N–H and O–H groups in total. The van der Waals surface area contributed by atoms with Gasteiger partial charge in [0.05, 0.1) is 4.90 Å². The average molecular weight is 665 g/mol. The molecule has 1 aliphatic carbocycles. The summed E-state index contributed by atoms with van der Waals surface area (Å²) in [6.45, 7) is 6.29. The third-order valence-corrected chi connectivity index (χ3v) is 8.14. The van der Waals surface area contributed by atoms with Gasteiger partial charge in [-0.3, -0.25) is 0 Å². The molecule has 1 aliphatic rings. The zero-order chi connectivity index (χ0) is 25.3. The van der Waals surface area contributed by atoms with Gasteiger partial charge in [0, 0.05) is 17.9 Å². The molecule has 37 heavy (non-hydrogen) atoms. The van der Waals surface area contributed by atoms with Crippen LogP contribution in [0.2, 0.25) is 0 Å². The van der Waals surface area contributed by atoms with E-state index in [2.05, 4.69) is 17.1 Å². The lowest BCUT2D eigenvalue weighted by Crippen LogP contribution is -2.40. The molecule has 0 heterocycles. The third kappa shape index (κ3) is 10.5. The summed E-state index contributed by atoms with van der Waals surface area (Å²) < 4.78 is 23.4. The molecular weight excluding hydrogens is 620 g/mol. The highest BCUT2D eigenvalue weighted by Crippen LogP contribution is 2.36. The molecule has 0 bridgehead atoms. The second-order valence-corrected chi connectivity index (χ2v) is 11.9. The van der Waals surface area contributed by atoms with E-state index in [1.165, 1.54) is 31.1 Å². The molecule has 0 fully saturated rings. The second-order valence-electron chi connectivity index (χ2n) is 9.84. The van der Waals surface area contributed by atoms with Crippen molar-refractivity contribution in [2.45, 2.75) is 75.6 Å². The van der Waals surface area contributed by atoms with Gasteiger partial charge in [-0.05, 0) is 100 Å². The summed E-state index contributed by atoms with van der Waals surface area (Å²) in [4.78, 5) is 3.01. The normalized spacial score (nSPS) is 15.1. The molecule has 0 radical (unpaired) electrons. The Morgan fingerprint density at radius 3 is 2.49 bits per heavy atom. The minimum atomic E-state index is -3.15. The van der Waals surface area contributed by atoms with Gasteiger partial charge in [-0.15, -0.1) is 34.0 Å². The number of nitrogens with zero attached hydrogens (tertiary/aromatic N) is 1. The van der Waals surface area contributed by atoms with Crippen LogP contribution in [-0.2, 0) is 29.1 Å². The van der Waals surface area contributed by atoms with E-state index in [9.17, 15) is 18.6 Å². The molecule has 9 heteroatoms. The van der Waals surface area contributed by atoms with Crippen molar-refractivity contribution in [3.63, 3.8) is 0 Å². The number of phenolic OH excluding ortho intramolecular Hbond substituents is 2. The Kier molecular flexibility index (Phi) is 15.3. The van der Waals surface area contributed by atoms with E-state index >= 15 is 0 Å². The Morgan fingerprint density at radius 1 is 1.00 bits per heavy atom. The van der Waals surface area contributed by atoms with Gasteiger partial charge < -0.3 is 20.4 Å². The van der Waals surface area contributed by atoms with Crippen LogP contribution in [0.3, 0.4) is 0 Å². The second kappa shape index (κ2) is 16.7.